The van der Waals surface area contributed by atoms with Gasteiger partial charge in [-0.15, -0.1) is 11.3 Å². The predicted molar refractivity (Wildman–Crippen MR) is 93.5 cm³/mol. The van der Waals surface area contributed by atoms with Gasteiger partial charge in [0, 0.05) is 29.4 Å². The lowest BCUT2D eigenvalue weighted by atomic mass is 9.91. The van der Waals surface area contributed by atoms with Gasteiger partial charge in [-0.2, -0.15) is 0 Å². The van der Waals surface area contributed by atoms with Gasteiger partial charge < -0.3 is 10.2 Å². The van der Waals surface area contributed by atoms with Crippen LogP contribution < -0.4 is 10.2 Å². The Balaban J connectivity index is 2.28. The van der Waals surface area contributed by atoms with Crippen molar-refractivity contribution in [2.24, 2.45) is 0 Å². The molecule has 1 aliphatic rings. The van der Waals surface area contributed by atoms with Crippen molar-refractivity contribution >= 4 is 16.5 Å². The molecule has 0 bridgehead atoms. The zero-order valence-electron chi connectivity index (χ0n) is 14.3. The number of aromatic nitrogens is 1. The maximum Gasteiger partial charge on any atom is 0.186 e. The molecule has 1 fully saturated rings. The summed E-state index contributed by atoms with van der Waals surface area (Å²) in [5.74, 6) is 0. The van der Waals surface area contributed by atoms with E-state index in [9.17, 15) is 0 Å². The second kappa shape index (κ2) is 7.10. The van der Waals surface area contributed by atoms with Crippen molar-refractivity contribution in [2.45, 2.75) is 78.3 Å². The maximum atomic E-state index is 5.05. The summed E-state index contributed by atoms with van der Waals surface area (Å²) in [5, 5.41) is 4.71. The molecule has 3 nitrogen and oxygen atoms in total. The minimum absolute atomic E-state index is 0.120. The second-order valence-corrected chi connectivity index (χ2v) is 8.25. The number of rotatable bonds is 4. The molecule has 1 saturated heterocycles. The Morgan fingerprint density at radius 2 is 2.05 bits per heavy atom. The van der Waals surface area contributed by atoms with Gasteiger partial charge in [0.1, 0.15) is 0 Å². The monoisotopic (exact) mass is 309 g/mol. The molecular weight excluding hydrogens is 278 g/mol. The molecule has 1 aromatic heterocycles. The van der Waals surface area contributed by atoms with Crippen LogP contribution in [-0.4, -0.2) is 24.1 Å². The van der Waals surface area contributed by atoms with Crippen LogP contribution in [0.15, 0.2) is 0 Å². The Labute approximate surface area is 134 Å². The van der Waals surface area contributed by atoms with Crippen molar-refractivity contribution in [1.82, 2.24) is 10.3 Å². The van der Waals surface area contributed by atoms with Crippen LogP contribution in [0.4, 0.5) is 5.13 Å². The van der Waals surface area contributed by atoms with Gasteiger partial charge in [-0.3, -0.25) is 0 Å². The third kappa shape index (κ3) is 4.19. The number of anilines is 1. The fourth-order valence-electron chi connectivity index (χ4n) is 2.97. The van der Waals surface area contributed by atoms with E-state index in [2.05, 4.69) is 44.8 Å². The highest BCUT2D eigenvalue weighted by atomic mass is 32.1. The SMILES string of the molecule is CCNCc1sc(N2CCCCCC2C)nc1C(C)(C)C. The van der Waals surface area contributed by atoms with Crippen molar-refractivity contribution in [3.05, 3.63) is 10.6 Å². The molecule has 2 rings (SSSR count). The second-order valence-electron chi connectivity index (χ2n) is 7.19. The quantitative estimate of drug-likeness (QED) is 0.898. The first kappa shape index (κ1) is 16.8. The first-order valence-corrected chi connectivity index (χ1v) is 9.22. The van der Waals surface area contributed by atoms with Gasteiger partial charge in [0.2, 0.25) is 0 Å². The van der Waals surface area contributed by atoms with Crippen LogP contribution in [0.1, 0.15) is 70.9 Å². The molecule has 21 heavy (non-hydrogen) atoms. The Kier molecular flexibility index (Phi) is 5.67. The van der Waals surface area contributed by atoms with E-state index in [0.29, 0.717) is 6.04 Å². The first-order chi connectivity index (χ1) is 9.93. The zero-order chi connectivity index (χ0) is 15.5. The Hall–Kier alpha value is -0.610. The average molecular weight is 310 g/mol. The molecule has 0 saturated carbocycles. The average Bonchev–Trinajstić information content (AvgIpc) is 2.73. The molecule has 0 aliphatic carbocycles. The number of hydrogen-bond acceptors (Lipinski definition) is 4. The summed E-state index contributed by atoms with van der Waals surface area (Å²) >= 11 is 1.90. The van der Waals surface area contributed by atoms with Gasteiger partial charge in [-0.05, 0) is 26.3 Å². The van der Waals surface area contributed by atoms with Crippen LogP contribution in [0.2, 0.25) is 0 Å². The molecule has 1 atom stereocenters. The maximum absolute atomic E-state index is 5.05. The third-order valence-electron chi connectivity index (χ3n) is 4.23. The van der Waals surface area contributed by atoms with E-state index in [1.54, 1.807) is 0 Å². The van der Waals surface area contributed by atoms with Gasteiger partial charge in [0.25, 0.3) is 0 Å². The normalized spacial score (nSPS) is 20.6. The minimum Gasteiger partial charge on any atom is -0.345 e. The van der Waals surface area contributed by atoms with E-state index >= 15 is 0 Å². The van der Waals surface area contributed by atoms with Crippen molar-refractivity contribution in [3.63, 3.8) is 0 Å². The van der Waals surface area contributed by atoms with Crippen LogP contribution in [0, 0.1) is 0 Å². The number of nitrogens with zero attached hydrogens (tertiary/aromatic N) is 2. The number of hydrogen-bond donors (Lipinski definition) is 1. The first-order valence-electron chi connectivity index (χ1n) is 8.41. The summed E-state index contributed by atoms with van der Waals surface area (Å²) in [6.45, 7) is 14.5. The van der Waals surface area contributed by atoms with E-state index < -0.39 is 0 Å². The fourth-order valence-corrected chi connectivity index (χ4v) is 4.33. The van der Waals surface area contributed by atoms with Crippen LogP contribution in [-0.2, 0) is 12.0 Å². The fraction of sp³-hybridized carbons (Fsp3) is 0.824. The zero-order valence-corrected chi connectivity index (χ0v) is 15.1. The summed E-state index contributed by atoms with van der Waals surface area (Å²) in [4.78, 5) is 9.01. The van der Waals surface area contributed by atoms with E-state index in [1.165, 1.54) is 47.9 Å². The number of nitrogens with one attached hydrogen (secondary N) is 1. The van der Waals surface area contributed by atoms with Crippen molar-refractivity contribution in [1.29, 1.82) is 0 Å². The lowest BCUT2D eigenvalue weighted by Gasteiger charge is -2.26. The lowest BCUT2D eigenvalue weighted by molar-refractivity contribution is 0.557. The van der Waals surface area contributed by atoms with Gasteiger partial charge in [0.15, 0.2) is 5.13 Å². The van der Waals surface area contributed by atoms with Crippen LogP contribution in [0.3, 0.4) is 0 Å². The summed E-state index contributed by atoms with van der Waals surface area (Å²) < 4.78 is 0. The number of thiazole rings is 1. The highest BCUT2D eigenvalue weighted by molar-refractivity contribution is 7.15. The van der Waals surface area contributed by atoms with E-state index in [4.69, 9.17) is 4.98 Å². The Morgan fingerprint density at radius 1 is 1.29 bits per heavy atom. The molecule has 1 N–H and O–H groups in total. The standard InChI is InChI=1S/C17H31N3S/c1-6-18-12-14-15(17(3,4)5)19-16(21-14)20-11-9-7-8-10-13(20)2/h13,18H,6-12H2,1-5H3. The third-order valence-corrected chi connectivity index (χ3v) is 5.32. The molecule has 2 heterocycles. The smallest absolute Gasteiger partial charge is 0.186 e. The van der Waals surface area contributed by atoms with Gasteiger partial charge >= 0.3 is 0 Å². The molecule has 0 spiro atoms. The summed E-state index contributed by atoms with van der Waals surface area (Å²) in [6.07, 6.45) is 5.33. The molecule has 120 valence electrons. The Morgan fingerprint density at radius 3 is 2.71 bits per heavy atom. The predicted octanol–water partition coefficient (Wildman–Crippen LogP) is 4.32. The topological polar surface area (TPSA) is 28.2 Å². The molecule has 1 aromatic rings. The molecule has 1 aliphatic heterocycles. The molecule has 0 aromatic carbocycles. The summed E-state index contributed by atoms with van der Waals surface area (Å²) in [5.41, 5.74) is 1.40. The Bertz CT molecular complexity index is 447. The summed E-state index contributed by atoms with van der Waals surface area (Å²) in [6, 6.07) is 0.624. The van der Waals surface area contributed by atoms with Gasteiger partial charge in [-0.25, -0.2) is 4.98 Å². The van der Waals surface area contributed by atoms with Crippen LogP contribution in [0.5, 0.6) is 0 Å². The van der Waals surface area contributed by atoms with Crippen LogP contribution >= 0.6 is 11.3 Å². The largest absolute Gasteiger partial charge is 0.345 e. The molecule has 4 heteroatoms. The van der Waals surface area contributed by atoms with Crippen molar-refractivity contribution < 1.29 is 0 Å². The van der Waals surface area contributed by atoms with Crippen molar-refractivity contribution in [3.8, 4) is 0 Å². The van der Waals surface area contributed by atoms with Gasteiger partial charge in [-0.1, -0.05) is 40.5 Å². The van der Waals surface area contributed by atoms with Gasteiger partial charge in [0.05, 0.1) is 5.69 Å². The van der Waals surface area contributed by atoms with Crippen LogP contribution in [0.25, 0.3) is 0 Å². The molecular formula is C17H31N3S. The molecule has 0 radical (unpaired) electrons. The minimum atomic E-state index is 0.120. The van der Waals surface area contributed by atoms with Crippen molar-refractivity contribution in [2.75, 3.05) is 18.0 Å². The molecule has 1 unspecified atom stereocenters. The molecule has 0 amide bonds. The van der Waals surface area contributed by atoms with E-state index in [1.807, 2.05) is 11.3 Å². The highest BCUT2D eigenvalue weighted by Crippen LogP contribution is 2.35. The highest BCUT2D eigenvalue weighted by Gasteiger charge is 2.27. The van der Waals surface area contributed by atoms with E-state index in [0.717, 1.165) is 13.1 Å². The summed E-state index contributed by atoms with van der Waals surface area (Å²) in [7, 11) is 0. The lowest BCUT2D eigenvalue weighted by Crippen LogP contribution is -2.32. The van der Waals surface area contributed by atoms with E-state index in [-0.39, 0.29) is 5.41 Å².